The van der Waals surface area contributed by atoms with Crippen LogP contribution in [0.5, 0.6) is 0 Å². The van der Waals surface area contributed by atoms with Crippen molar-refractivity contribution in [2.75, 3.05) is 0 Å². The fourth-order valence-corrected chi connectivity index (χ4v) is 2.97. The van der Waals surface area contributed by atoms with Gasteiger partial charge >= 0.3 is 5.97 Å². The van der Waals surface area contributed by atoms with Gasteiger partial charge in [-0.05, 0) is 30.3 Å². The summed E-state index contributed by atoms with van der Waals surface area (Å²) in [5.41, 5.74) is 2.89. The number of fused-ring (bicyclic) bond motifs is 1. The predicted molar refractivity (Wildman–Crippen MR) is 84.9 cm³/mol. The third kappa shape index (κ3) is 2.28. The van der Waals surface area contributed by atoms with Crippen molar-refractivity contribution in [2.45, 2.75) is 18.9 Å². The van der Waals surface area contributed by atoms with Gasteiger partial charge in [0.2, 0.25) is 0 Å². The lowest BCUT2D eigenvalue weighted by Gasteiger charge is -2.25. The van der Waals surface area contributed by atoms with Crippen LogP contribution in [0, 0.1) is 0 Å². The zero-order valence-corrected chi connectivity index (χ0v) is 12.5. The van der Waals surface area contributed by atoms with Crippen molar-refractivity contribution >= 4 is 28.5 Å². The number of cyclic esters (lactones) is 1. The fourth-order valence-electron chi connectivity index (χ4n) is 2.84. The molecule has 3 nitrogen and oxygen atoms in total. The Morgan fingerprint density at radius 1 is 1.09 bits per heavy atom. The predicted octanol–water partition coefficient (Wildman–Crippen LogP) is 4.61. The van der Waals surface area contributed by atoms with E-state index in [2.05, 4.69) is 0 Å². The van der Waals surface area contributed by atoms with Gasteiger partial charge in [-0.3, -0.25) is 4.79 Å². The molecule has 0 saturated carbocycles. The molecule has 0 amide bonds. The van der Waals surface area contributed by atoms with Gasteiger partial charge in [-0.15, -0.1) is 0 Å². The third-order valence-electron chi connectivity index (χ3n) is 3.93. The maximum absolute atomic E-state index is 11.0. The van der Waals surface area contributed by atoms with E-state index < -0.39 is 0 Å². The first-order valence-electron chi connectivity index (χ1n) is 7.16. The summed E-state index contributed by atoms with van der Waals surface area (Å²) in [6.07, 6.45) is 1.08. The molecule has 1 fully saturated rings. The molecule has 1 aromatic heterocycles. The van der Waals surface area contributed by atoms with E-state index in [0.717, 1.165) is 27.9 Å². The van der Waals surface area contributed by atoms with Crippen molar-refractivity contribution in [2.24, 2.45) is 0 Å². The van der Waals surface area contributed by atoms with E-state index in [1.54, 1.807) is 0 Å². The van der Waals surface area contributed by atoms with Gasteiger partial charge in [0.15, 0.2) is 0 Å². The van der Waals surface area contributed by atoms with Crippen molar-refractivity contribution in [1.29, 1.82) is 0 Å². The Labute approximate surface area is 132 Å². The number of ether oxygens (including phenoxy) is 1. The second kappa shape index (κ2) is 5.18. The Morgan fingerprint density at radius 2 is 1.82 bits per heavy atom. The van der Waals surface area contributed by atoms with E-state index in [1.807, 2.05) is 48.5 Å². The Bertz CT molecular complexity index is 840. The first-order chi connectivity index (χ1) is 10.7. The van der Waals surface area contributed by atoms with Crippen LogP contribution in [0.3, 0.4) is 0 Å². The lowest BCUT2D eigenvalue weighted by atomic mass is 9.97. The number of halogens is 1. The minimum Gasteiger partial charge on any atom is -0.461 e. The van der Waals surface area contributed by atoms with Crippen LogP contribution in [0.4, 0.5) is 0 Å². The number of hydrogen-bond donors (Lipinski definition) is 0. The van der Waals surface area contributed by atoms with Crippen molar-refractivity contribution in [1.82, 2.24) is 0 Å². The monoisotopic (exact) mass is 312 g/mol. The molecule has 1 aliphatic heterocycles. The molecule has 0 radical (unpaired) electrons. The number of carbonyl (C=O) groups excluding carboxylic acids is 1. The molecule has 0 N–H and O–H groups in total. The largest absolute Gasteiger partial charge is 0.461 e. The summed E-state index contributed by atoms with van der Waals surface area (Å²) in [5, 5.41) is 1.75. The smallest absolute Gasteiger partial charge is 0.309 e. The highest BCUT2D eigenvalue weighted by molar-refractivity contribution is 6.30. The van der Waals surface area contributed by atoms with Crippen LogP contribution in [0.25, 0.3) is 22.3 Å². The van der Waals surface area contributed by atoms with E-state index in [0.29, 0.717) is 17.9 Å². The van der Waals surface area contributed by atoms with Gasteiger partial charge in [0.1, 0.15) is 17.4 Å². The summed E-state index contributed by atoms with van der Waals surface area (Å²) in [5.74, 6) is 0.687. The van der Waals surface area contributed by atoms with Crippen LogP contribution in [0.1, 0.15) is 12.0 Å². The lowest BCUT2D eigenvalue weighted by molar-refractivity contribution is -0.169. The fraction of sp³-hybridized carbons (Fsp3) is 0.167. The van der Waals surface area contributed by atoms with Crippen LogP contribution in [0.15, 0.2) is 52.9 Å². The summed E-state index contributed by atoms with van der Waals surface area (Å²) in [6.45, 7) is 0. The first kappa shape index (κ1) is 13.4. The van der Waals surface area contributed by atoms with E-state index in [4.69, 9.17) is 20.8 Å². The van der Waals surface area contributed by atoms with E-state index in [9.17, 15) is 4.79 Å². The molecule has 1 saturated heterocycles. The molecule has 2 aromatic carbocycles. The van der Waals surface area contributed by atoms with Crippen molar-refractivity contribution < 1.29 is 13.9 Å². The Balaban J connectivity index is 1.82. The van der Waals surface area contributed by atoms with Crippen LogP contribution in [-0.4, -0.2) is 12.1 Å². The van der Waals surface area contributed by atoms with Crippen molar-refractivity contribution in [3.8, 4) is 11.3 Å². The maximum atomic E-state index is 11.0. The second-order valence-corrected chi connectivity index (χ2v) is 5.87. The molecule has 2 heterocycles. The minimum atomic E-state index is -0.133. The number of benzene rings is 2. The Hall–Kier alpha value is -2.26. The minimum absolute atomic E-state index is 0.0560. The molecule has 3 aromatic rings. The summed E-state index contributed by atoms with van der Waals surface area (Å²) >= 11 is 5.96. The highest BCUT2D eigenvalue weighted by Gasteiger charge is 2.31. The van der Waals surface area contributed by atoms with Gasteiger partial charge in [-0.25, -0.2) is 0 Å². The molecule has 0 bridgehead atoms. The molecule has 4 heteroatoms. The molecule has 1 aliphatic rings. The summed E-state index contributed by atoms with van der Waals surface area (Å²) in [7, 11) is 0. The van der Waals surface area contributed by atoms with E-state index >= 15 is 0 Å². The average Bonchev–Trinajstić information content (AvgIpc) is 2.85. The molecular weight excluding hydrogens is 300 g/mol. The quantitative estimate of drug-likeness (QED) is 0.663. The second-order valence-electron chi connectivity index (χ2n) is 5.43. The first-order valence-corrected chi connectivity index (χ1v) is 7.54. The number of rotatable bonds is 3. The highest BCUT2D eigenvalue weighted by Crippen LogP contribution is 2.36. The summed E-state index contributed by atoms with van der Waals surface area (Å²) < 4.78 is 11.2. The number of carbonyl (C=O) groups is 1. The SMILES string of the molecule is O=C1CC(Cc2c(-c3ccc(Cl)cc3)oc3ccccc23)O1. The maximum Gasteiger partial charge on any atom is 0.309 e. The molecule has 1 atom stereocenters. The summed E-state index contributed by atoms with van der Waals surface area (Å²) in [6, 6.07) is 15.5. The van der Waals surface area contributed by atoms with E-state index in [1.165, 1.54) is 0 Å². The third-order valence-corrected chi connectivity index (χ3v) is 4.18. The standard InChI is InChI=1S/C18H13ClO3/c19-12-7-5-11(6-8-12)18-15(9-13-10-17(20)21-13)14-3-1-2-4-16(14)22-18/h1-8,13H,9-10H2. The van der Waals surface area contributed by atoms with Gasteiger partial charge in [0.25, 0.3) is 0 Å². The van der Waals surface area contributed by atoms with Crippen LogP contribution < -0.4 is 0 Å². The van der Waals surface area contributed by atoms with Crippen molar-refractivity contribution in [3.63, 3.8) is 0 Å². The summed E-state index contributed by atoms with van der Waals surface area (Å²) in [4.78, 5) is 11.0. The zero-order chi connectivity index (χ0) is 15.1. The number of hydrogen-bond acceptors (Lipinski definition) is 3. The van der Waals surface area contributed by atoms with Crippen LogP contribution in [-0.2, 0) is 16.0 Å². The average molecular weight is 313 g/mol. The normalized spacial score (nSPS) is 17.3. The van der Waals surface area contributed by atoms with Gasteiger partial charge in [0.05, 0.1) is 6.42 Å². The molecular formula is C18H13ClO3. The van der Waals surface area contributed by atoms with Crippen LogP contribution >= 0.6 is 11.6 Å². The van der Waals surface area contributed by atoms with Gasteiger partial charge in [0, 0.05) is 28.0 Å². The molecule has 0 aliphatic carbocycles. The molecule has 22 heavy (non-hydrogen) atoms. The Morgan fingerprint density at radius 3 is 2.55 bits per heavy atom. The number of esters is 1. The van der Waals surface area contributed by atoms with Gasteiger partial charge < -0.3 is 9.15 Å². The topological polar surface area (TPSA) is 39.4 Å². The molecule has 1 unspecified atom stereocenters. The Kier molecular flexibility index (Phi) is 3.16. The van der Waals surface area contributed by atoms with Crippen LogP contribution in [0.2, 0.25) is 5.02 Å². The van der Waals surface area contributed by atoms with Crippen molar-refractivity contribution in [3.05, 3.63) is 59.1 Å². The number of furan rings is 1. The molecule has 0 spiro atoms. The number of para-hydroxylation sites is 1. The molecule has 110 valence electrons. The lowest BCUT2D eigenvalue weighted by Crippen LogP contribution is -2.34. The zero-order valence-electron chi connectivity index (χ0n) is 11.7. The molecule has 4 rings (SSSR count). The van der Waals surface area contributed by atoms with Gasteiger partial charge in [-0.2, -0.15) is 0 Å². The highest BCUT2D eigenvalue weighted by atomic mass is 35.5. The van der Waals surface area contributed by atoms with Gasteiger partial charge in [-0.1, -0.05) is 29.8 Å². The van der Waals surface area contributed by atoms with E-state index in [-0.39, 0.29) is 12.1 Å².